The predicted octanol–water partition coefficient (Wildman–Crippen LogP) is 0.173. The Kier molecular flexibility index (Phi) is 6.78. The molecule has 0 aromatic heterocycles. The number of nitrogens with one attached hydrogen (secondary N) is 2. The standard InChI is InChI=1S/C12H20N2O6/c15-10(16)3-1-2-9(11(17)18)14-12(19)13-8-4-6-20-7-5-8/h8-9H,1-7H2,(H,15,16)(H,17,18)(H2,13,14,19)/t9-/m1/s1. The van der Waals surface area contributed by atoms with Gasteiger partial charge in [0, 0.05) is 25.7 Å². The van der Waals surface area contributed by atoms with E-state index in [9.17, 15) is 14.4 Å². The third-order valence-corrected chi connectivity index (χ3v) is 3.04. The van der Waals surface area contributed by atoms with Gasteiger partial charge in [-0.15, -0.1) is 0 Å². The smallest absolute Gasteiger partial charge is 0.326 e. The fourth-order valence-corrected chi connectivity index (χ4v) is 1.94. The molecule has 8 heteroatoms. The molecule has 0 saturated carbocycles. The van der Waals surface area contributed by atoms with Crippen LogP contribution in [0.1, 0.15) is 32.1 Å². The molecular weight excluding hydrogens is 268 g/mol. The van der Waals surface area contributed by atoms with Gasteiger partial charge in [-0.3, -0.25) is 4.79 Å². The first kappa shape index (κ1) is 16.2. The van der Waals surface area contributed by atoms with Crippen molar-refractivity contribution in [3.63, 3.8) is 0 Å². The minimum absolute atomic E-state index is 0.0165. The first-order chi connectivity index (χ1) is 9.49. The van der Waals surface area contributed by atoms with Crippen LogP contribution >= 0.6 is 0 Å². The van der Waals surface area contributed by atoms with E-state index in [2.05, 4.69) is 10.6 Å². The Morgan fingerprint density at radius 3 is 2.40 bits per heavy atom. The highest BCUT2D eigenvalue weighted by Gasteiger charge is 2.22. The number of carboxylic acids is 2. The lowest BCUT2D eigenvalue weighted by atomic mass is 10.1. The fraction of sp³-hybridized carbons (Fsp3) is 0.750. The molecule has 0 spiro atoms. The normalized spacial score (nSPS) is 17.2. The van der Waals surface area contributed by atoms with E-state index in [1.807, 2.05) is 0 Å². The van der Waals surface area contributed by atoms with Crippen molar-refractivity contribution in [2.45, 2.75) is 44.2 Å². The van der Waals surface area contributed by atoms with Gasteiger partial charge in [-0.05, 0) is 25.7 Å². The molecular formula is C12H20N2O6. The monoisotopic (exact) mass is 288 g/mol. The molecule has 2 amide bonds. The van der Waals surface area contributed by atoms with Crippen LogP contribution in [0.15, 0.2) is 0 Å². The number of hydrogen-bond donors (Lipinski definition) is 4. The van der Waals surface area contributed by atoms with Gasteiger partial charge in [0.1, 0.15) is 6.04 Å². The van der Waals surface area contributed by atoms with Crippen molar-refractivity contribution in [2.24, 2.45) is 0 Å². The van der Waals surface area contributed by atoms with Gasteiger partial charge in [0.15, 0.2) is 0 Å². The molecule has 1 fully saturated rings. The van der Waals surface area contributed by atoms with Crippen LogP contribution in [-0.2, 0) is 14.3 Å². The summed E-state index contributed by atoms with van der Waals surface area (Å²) >= 11 is 0. The summed E-state index contributed by atoms with van der Waals surface area (Å²) in [5.74, 6) is -2.15. The highest BCUT2D eigenvalue weighted by molar-refractivity contribution is 5.82. The third kappa shape index (κ3) is 6.37. The van der Waals surface area contributed by atoms with Gasteiger partial charge in [-0.25, -0.2) is 9.59 Å². The lowest BCUT2D eigenvalue weighted by molar-refractivity contribution is -0.140. The summed E-state index contributed by atoms with van der Waals surface area (Å²) in [5, 5.41) is 22.5. The molecule has 0 aromatic rings. The van der Waals surface area contributed by atoms with Crippen LogP contribution in [0.25, 0.3) is 0 Å². The molecule has 1 heterocycles. The zero-order valence-electron chi connectivity index (χ0n) is 11.1. The molecule has 0 unspecified atom stereocenters. The molecule has 1 aliphatic rings. The summed E-state index contributed by atoms with van der Waals surface area (Å²) in [6, 6.07) is -1.63. The van der Waals surface area contributed by atoms with Crippen LogP contribution in [-0.4, -0.2) is 53.5 Å². The average molecular weight is 288 g/mol. The van der Waals surface area contributed by atoms with Crippen molar-refractivity contribution < 1.29 is 29.3 Å². The van der Waals surface area contributed by atoms with Gasteiger partial charge in [0.05, 0.1) is 0 Å². The summed E-state index contributed by atoms with van der Waals surface area (Å²) in [6.07, 6.45) is 1.56. The number of ether oxygens (including phenoxy) is 1. The van der Waals surface area contributed by atoms with Gasteiger partial charge < -0.3 is 25.6 Å². The SMILES string of the molecule is O=C(O)CCC[C@@H](NC(=O)NC1CCOCC1)C(=O)O. The summed E-state index contributed by atoms with van der Waals surface area (Å²) < 4.78 is 5.15. The van der Waals surface area contributed by atoms with Crippen LogP contribution in [0.5, 0.6) is 0 Å². The molecule has 114 valence electrons. The van der Waals surface area contributed by atoms with Crippen molar-refractivity contribution in [3.05, 3.63) is 0 Å². The molecule has 0 aliphatic carbocycles. The second-order valence-electron chi connectivity index (χ2n) is 4.68. The Morgan fingerprint density at radius 1 is 1.20 bits per heavy atom. The van der Waals surface area contributed by atoms with Gasteiger partial charge in [0.25, 0.3) is 0 Å². The van der Waals surface area contributed by atoms with Gasteiger partial charge in [-0.2, -0.15) is 0 Å². The Morgan fingerprint density at radius 2 is 1.85 bits per heavy atom. The van der Waals surface area contributed by atoms with Gasteiger partial charge >= 0.3 is 18.0 Å². The maximum absolute atomic E-state index is 11.7. The van der Waals surface area contributed by atoms with E-state index in [-0.39, 0.29) is 25.3 Å². The van der Waals surface area contributed by atoms with Crippen LogP contribution in [0, 0.1) is 0 Å². The van der Waals surface area contributed by atoms with Crippen molar-refractivity contribution >= 4 is 18.0 Å². The minimum Gasteiger partial charge on any atom is -0.481 e. The number of hydrogen-bond acceptors (Lipinski definition) is 4. The highest BCUT2D eigenvalue weighted by atomic mass is 16.5. The first-order valence-electron chi connectivity index (χ1n) is 6.58. The van der Waals surface area contributed by atoms with Crippen LogP contribution in [0.3, 0.4) is 0 Å². The maximum atomic E-state index is 11.7. The third-order valence-electron chi connectivity index (χ3n) is 3.04. The summed E-state index contributed by atoms with van der Waals surface area (Å²) in [4.78, 5) is 33.1. The topological polar surface area (TPSA) is 125 Å². The van der Waals surface area contributed by atoms with Crippen molar-refractivity contribution in [3.8, 4) is 0 Å². The molecule has 8 nitrogen and oxygen atoms in total. The van der Waals surface area contributed by atoms with Crippen molar-refractivity contribution in [1.82, 2.24) is 10.6 Å². The van der Waals surface area contributed by atoms with Gasteiger partial charge in [0.2, 0.25) is 0 Å². The molecule has 1 atom stereocenters. The lowest BCUT2D eigenvalue weighted by Crippen LogP contribution is -2.50. The molecule has 1 aliphatic heterocycles. The van der Waals surface area contributed by atoms with E-state index in [1.54, 1.807) is 0 Å². The second kappa shape index (κ2) is 8.36. The lowest BCUT2D eigenvalue weighted by Gasteiger charge is -2.24. The molecule has 1 saturated heterocycles. The molecule has 1 rings (SSSR count). The van der Waals surface area contributed by atoms with Gasteiger partial charge in [-0.1, -0.05) is 0 Å². The minimum atomic E-state index is -1.17. The fourth-order valence-electron chi connectivity index (χ4n) is 1.94. The van der Waals surface area contributed by atoms with Crippen molar-refractivity contribution in [2.75, 3.05) is 13.2 Å². The Balaban J connectivity index is 2.33. The Hall–Kier alpha value is -1.83. The van der Waals surface area contributed by atoms with E-state index in [1.165, 1.54) is 0 Å². The van der Waals surface area contributed by atoms with Crippen LogP contribution < -0.4 is 10.6 Å². The number of carboxylic acid groups (broad SMARTS) is 2. The number of carbonyl (C=O) groups is 3. The zero-order chi connectivity index (χ0) is 15.0. The Labute approximate surface area is 116 Å². The summed E-state index contributed by atoms with van der Waals surface area (Å²) in [5.41, 5.74) is 0. The average Bonchev–Trinajstić information content (AvgIpc) is 2.38. The predicted molar refractivity (Wildman–Crippen MR) is 68.4 cm³/mol. The quantitative estimate of drug-likeness (QED) is 0.529. The van der Waals surface area contributed by atoms with E-state index >= 15 is 0 Å². The van der Waals surface area contributed by atoms with Crippen LogP contribution in [0.4, 0.5) is 4.79 Å². The summed E-state index contributed by atoms with van der Waals surface area (Å²) in [7, 11) is 0. The number of aliphatic carboxylic acids is 2. The molecule has 0 radical (unpaired) electrons. The largest absolute Gasteiger partial charge is 0.481 e. The second-order valence-corrected chi connectivity index (χ2v) is 4.68. The number of amides is 2. The number of rotatable bonds is 7. The van der Waals surface area contributed by atoms with Crippen LogP contribution in [0.2, 0.25) is 0 Å². The van der Waals surface area contributed by atoms with E-state index < -0.39 is 24.0 Å². The zero-order valence-corrected chi connectivity index (χ0v) is 11.1. The molecule has 0 aromatic carbocycles. The number of carbonyl (C=O) groups excluding carboxylic acids is 1. The van der Waals surface area contributed by atoms with Crippen molar-refractivity contribution in [1.29, 1.82) is 0 Å². The maximum Gasteiger partial charge on any atom is 0.326 e. The highest BCUT2D eigenvalue weighted by Crippen LogP contribution is 2.06. The summed E-state index contributed by atoms with van der Waals surface area (Å²) in [6.45, 7) is 1.15. The molecule has 20 heavy (non-hydrogen) atoms. The number of urea groups is 1. The molecule has 0 bridgehead atoms. The molecule has 4 N–H and O–H groups in total. The first-order valence-corrected chi connectivity index (χ1v) is 6.58. The van der Waals surface area contributed by atoms with E-state index in [0.29, 0.717) is 26.1 Å². The van der Waals surface area contributed by atoms with E-state index in [4.69, 9.17) is 14.9 Å². The Bertz CT molecular complexity index is 354. The van der Waals surface area contributed by atoms with E-state index in [0.717, 1.165) is 0 Å².